The van der Waals surface area contributed by atoms with Gasteiger partial charge in [-0.05, 0) is 32.0 Å². The van der Waals surface area contributed by atoms with E-state index in [-0.39, 0.29) is 17.3 Å². The van der Waals surface area contributed by atoms with E-state index in [0.29, 0.717) is 22.2 Å². The van der Waals surface area contributed by atoms with Gasteiger partial charge in [0.15, 0.2) is 6.61 Å². The number of hydrogen-bond acceptors (Lipinski definition) is 4. The molecule has 0 saturated heterocycles. The maximum Gasteiger partial charge on any atom is 0.350 e. The zero-order valence-electron chi connectivity index (χ0n) is 14.8. The maximum atomic E-state index is 12.5. The van der Waals surface area contributed by atoms with E-state index in [1.807, 2.05) is 18.4 Å². The van der Waals surface area contributed by atoms with Gasteiger partial charge in [0.05, 0.1) is 5.02 Å². The molecule has 7 heteroatoms. The number of aryl methyl sites for hydroxylation is 1. The number of fused-ring (bicyclic) bond motifs is 1. The van der Waals surface area contributed by atoms with Crippen LogP contribution in [-0.2, 0) is 11.3 Å². The smallest absolute Gasteiger partial charge is 0.350 e. The molecule has 3 rings (SSSR count). The number of ether oxygens (including phenoxy) is 1. The molecule has 0 aliphatic carbocycles. The van der Waals surface area contributed by atoms with Gasteiger partial charge in [-0.3, -0.25) is 4.79 Å². The highest BCUT2D eigenvalue weighted by molar-refractivity contribution is 7.21. The molecule has 0 spiro atoms. The van der Waals surface area contributed by atoms with Crippen molar-refractivity contribution in [2.24, 2.45) is 0 Å². The Balaban J connectivity index is 1.76. The van der Waals surface area contributed by atoms with Gasteiger partial charge in [-0.1, -0.05) is 35.3 Å². The number of hydrogen-bond donors (Lipinski definition) is 0. The third-order valence-electron chi connectivity index (χ3n) is 4.30. The topological polar surface area (TPSA) is 48.3 Å². The highest BCUT2D eigenvalue weighted by Gasteiger charge is 2.21. The predicted octanol–water partition coefficient (Wildman–Crippen LogP) is 5.85. The molecule has 0 amide bonds. The SMILES string of the molecule is C=CCn1c(C)cc(C(=O)COC(=O)c2sc3cc(Cl)ccc3c2Cl)c1C. The lowest BCUT2D eigenvalue weighted by Crippen LogP contribution is -2.14. The monoisotopic (exact) mass is 421 g/mol. The number of esters is 1. The van der Waals surface area contributed by atoms with E-state index in [1.165, 1.54) is 11.3 Å². The molecule has 0 saturated carbocycles. The summed E-state index contributed by atoms with van der Waals surface area (Å²) in [5, 5.41) is 1.61. The molecule has 0 atom stereocenters. The number of rotatable bonds is 6. The highest BCUT2D eigenvalue weighted by atomic mass is 35.5. The highest BCUT2D eigenvalue weighted by Crippen LogP contribution is 2.37. The van der Waals surface area contributed by atoms with Crippen molar-refractivity contribution >= 4 is 56.4 Å². The molecule has 2 heterocycles. The Kier molecular flexibility index (Phi) is 5.75. The normalized spacial score (nSPS) is 11.0. The van der Waals surface area contributed by atoms with Crippen LogP contribution in [0, 0.1) is 13.8 Å². The number of benzene rings is 1. The first-order valence-corrected chi connectivity index (χ1v) is 9.76. The minimum atomic E-state index is -0.620. The van der Waals surface area contributed by atoms with Gasteiger partial charge in [0.1, 0.15) is 4.88 Å². The van der Waals surface area contributed by atoms with Gasteiger partial charge in [0.2, 0.25) is 5.78 Å². The summed E-state index contributed by atoms with van der Waals surface area (Å²) in [4.78, 5) is 25.2. The maximum absolute atomic E-state index is 12.5. The van der Waals surface area contributed by atoms with Crippen molar-refractivity contribution in [3.8, 4) is 0 Å². The molecule has 0 N–H and O–H groups in total. The van der Waals surface area contributed by atoms with Gasteiger partial charge in [-0.15, -0.1) is 17.9 Å². The van der Waals surface area contributed by atoms with Crippen molar-refractivity contribution in [2.45, 2.75) is 20.4 Å². The van der Waals surface area contributed by atoms with Crippen LogP contribution in [0.25, 0.3) is 10.1 Å². The molecule has 0 radical (unpaired) electrons. The Morgan fingerprint density at radius 2 is 2.00 bits per heavy atom. The van der Waals surface area contributed by atoms with Crippen LogP contribution in [-0.4, -0.2) is 22.9 Å². The lowest BCUT2D eigenvalue weighted by molar-refractivity contribution is 0.0479. The third kappa shape index (κ3) is 3.81. The fraction of sp³-hybridized carbons (Fsp3) is 0.200. The van der Waals surface area contributed by atoms with E-state index in [2.05, 4.69) is 6.58 Å². The number of halogens is 2. The Bertz CT molecular complexity index is 1070. The first-order chi connectivity index (χ1) is 12.8. The van der Waals surface area contributed by atoms with Crippen LogP contribution in [0.15, 0.2) is 36.9 Å². The number of nitrogens with zero attached hydrogens (tertiary/aromatic N) is 1. The van der Waals surface area contributed by atoms with E-state index in [0.717, 1.165) is 21.5 Å². The fourth-order valence-electron chi connectivity index (χ4n) is 2.94. The second-order valence-electron chi connectivity index (χ2n) is 6.07. The summed E-state index contributed by atoms with van der Waals surface area (Å²) >= 11 is 13.5. The molecule has 4 nitrogen and oxygen atoms in total. The van der Waals surface area contributed by atoms with Gasteiger partial charge < -0.3 is 9.30 Å². The zero-order chi connectivity index (χ0) is 19.7. The average Bonchev–Trinajstić information content (AvgIpc) is 3.10. The molecule has 27 heavy (non-hydrogen) atoms. The third-order valence-corrected chi connectivity index (χ3v) is 6.17. The summed E-state index contributed by atoms with van der Waals surface area (Å²) in [6.07, 6.45) is 1.77. The van der Waals surface area contributed by atoms with Crippen LogP contribution >= 0.6 is 34.5 Å². The average molecular weight is 422 g/mol. The number of aromatic nitrogens is 1. The van der Waals surface area contributed by atoms with Crippen LogP contribution in [0.1, 0.15) is 31.4 Å². The van der Waals surface area contributed by atoms with Gasteiger partial charge in [0.25, 0.3) is 0 Å². The van der Waals surface area contributed by atoms with Crippen molar-refractivity contribution in [3.63, 3.8) is 0 Å². The van der Waals surface area contributed by atoms with Gasteiger partial charge >= 0.3 is 5.97 Å². The van der Waals surface area contributed by atoms with Crippen LogP contribution in [0.2, 0.25) is 10.0 Å². The summed E-state index contributed by atoms with van der Waals surface area (Å²) in [5.41, 5.74) is 2.31. The van der Waals surface area contributed by atoms with Crippen molar-refractivity contribution in [3.05, 3.63) is 68.8 Å². The Labute approximate surface area is 171 Å². The summed E-state index contributed by atoms with van der Waals surface area (Å²) in [5.74, 6) is -0.877. The molecule has 0 aliphatic heterocycles. The van der Waals surface area contributed by atoms with E-state index in [9.17, 15) is 9.59 Å². The molecule has 0 bridgehead atoms. The minimum Gasteiger partial charge on any atom is -0.453 e. The van der Waals surface area contributed by atoms with E-state index >= 15 is 0 Å². The van der Waals surface area contributed by atoms with Crippen molar-refractivity contribution in [2.75, 3.05) is 6.61 Å². The minimum absolute atomic E-state index is 0.257. The van der Waals surface area contributed by atoms with E-state index in [1.54, 1.807) is 30.3 Å². The van der Waals surface area contributed by atoms with Crippen LogP contribution in [0.5, 0.6) is 0 Å². The second-order valence-corrected chi connectivity index (χ2v) is 7.94. The number of carbonyl (C=O) groups excluding carboxylic acids is 2. The molecule has 0 fully saturated rings. The zero-order valence-corrected chi connectivity index (χ0v) is 17.2. The molecule has 0 unspecified atom stereocenters. The molecule has 2 aromatic heterocycles. The predicted molar refractivity (Wildman–Crippen MR) is 111 cm³/mol. The fourth-order valence-corrected chi connectivity index (χ4v) is 4.62. The number of Topliss-reactive ketones (excluding diaryl/α,β-unsaturated/α-hetero) is 1. The molecule has 140 valence electrons. The lowest BCUT2D eigenvalue weighted by atomic mass is 10.1. The van der Waals surface area contributed by atoms with Gasteiger partial charge in [0, 0.05) is 38.6 Å². The molecular formula is C20H17Cl2NO3S. The molecule has 3 aromatic rings. The van der Waals surface area contributed by atoms with Gasteiger partial charge in [-0.2, -0.15) is 0 Å². The van der Waals surface area contributed by atoms with Crippen molar-refractivity contribution in [1.29, 1.82) is 0 Å². The molecule has 1 aromatic carbocycles. The standard InChI is InChI=1S/C20H17Cl2NO3S/c1-4-7-23-11(2)8-15(12(23)3)16(24)10-26-20(25)19-18(22)14-6-5-13(21)9-17(14)27-19/h4-6,8-9H,1,7,10H2,2-3H3. The second kappa shape index (κ2) is 7.89. The Hall–Kier alpha value is -2.08. The summed E-state index contributed by atoms with van der Waals surface area (Å²) in [6.45, 7) is 7.77. The summed E-state index contributed by atoms with van der Waals surface area (Å²) in [7, 11) is 0. The van der Waals surface area contributed by atoms with Gasteiger partial charge in [-0.25, -0.2) is 4.79 Å². The van der Waals surface area contributed by atoms with E-state index in [4.69, 9.17) is 27.9 Å². The number of thiophene rings is 1. The summed E-state index contributed by atoms with van der Waals surface area (Å²) < 4.78 is 8.00. The molecule has 0 aliphatic rings. The van der Waals surface area contributed by atoms with Crippen molar-refractivity contribution in [1.82, 2.24) is 4.57 Å². The molecular weight excluding hydrogens is 405 g/mol. The number of carbonyl (C=O) groups is 2. The van der Waals surface area contributed by atoms with Crippen molar-refractivity contribution < 1.29 is 14.3 Å². The van der Waals surface area contributed by atoms with Crippen LogP contribution in [0.3, 0.4) is 0 Å². The summed E-state index contributed by atoms with van der Waals surface area (Å²) in [6, 6.07) is 7.00. The Morgan fingerprint density at radius 3 is 2.70 bits per heavy atom. The van der Waals surface area contributed by atoms with Crippen LogP contribution < -0.4 is 0 Å². The largest absolute Gasteiger partial charge is 0.453 e. The quantitative estimate of drug-likeness (QED) is 0.284. The number of ketones is 1. The first-order valence-electron chi connectivity index (χ1n) is 8.19. The van der Waals surface area contributed by atoms with Crippen LogP contribution in [0.4, 0.5) is 0 Å². The lowest BCUT2D eigenvalue weighted by Gasteiger charge is -2.06. The Morgan fingerprint density at radius 1 is 1.26 bits per heavy atom. The first kappa shape index (κ1) is 19.7. The van der Waals surface area contributed by atoms with E-state index < -0.39 is 5.97 Å². The number of allylic oxidation sites excluding steroid dienone is 1.